The molecule has 0 amide bonds. The van der Waals surface area contributed by atoms with Gasteiger partial charge in [-0.1, -0.05) is 24.3 Å². The summed E-state index contributed by atoms with van der Waals surface area (Å²) < 4.78 is 6.95. The third-order valence-electron chi connectivity index (χ3n) is 3.28. The Morgan fingerprint density at radius 3 is 2.78 bits per heavy atom. The molecule has 4 rings (SSSR count). The summed E-state index contributed by atoms with van der Waals surface area (Å²) in [6.45, 7) is 0. The fraction of sp³-hybridized carbons (Fsp3) is 0. The maximum Gasteiger partial charge on any atom is 0.363 e. The van der Waals surface area contributed by atoms with E-state index in [1.807, 2.05) is 54.0 Å². The van der Waals surface area contributed by atoms with E-state index in [2.05, 4.69) is 10.1 Å². The molecule has 0 saturated heterocycles. The lowest BCUT2D eigenvalue weighted by atomic mass is 10.3. The Bertz CT molecular complexity index is 908. The van der Waals surface area contributed by atoms with Crippen molar-refractivity contribution in [3.63, 3.8) is 0 Å². The molecule has 3 aromatic rings. The number of aromatic nitrogens is 2. The van der Waals surface area contributed by atoms with E-state index in [1.54, 1.807) is 17.0 Å². The molecule has 0 spiro atoms. The zero-order valence-electron chi connectivity index (χ0n) is 11.9. The summed E-state index contributed by atoms with van der Waals surface area (Å²) in [5, 5.41) is 6.21. The second-order valence-electron chi connectivity index (χ2n) is 4.87. The van der Waals surface area contributed by atoms with Crippen molar-refractivity contribution < 1.29 is 9.53 Å². The van der Waals surface area contributed by atoms with Gasteiger partial charge in [0, 0.05) is 11.8 Å². The summed E-state index contributed by atoms with van der Waals surface area (Å²) in [7, 11) is 0. The van der Waals surface area contributed by atoms with Gasteiger partial charge in [0.1, 0.15) is 0 Å². The Morgan fingerprint density at radius 1 is 1.13 bits per heavy atom. The number of para-hydroxylation sites is 1. The van der Waals surface area contributed by atoms with Crippen LogP contribution in [0.15, 0.2) is 70.9 Å². The molecule has 0 fully saturated rings. The summed E-state index contributed by atoms with van der Waals surface area (Å²) in [4.78, 5) is 17.0. The Hall–Kier alpha value is -2.99. The van der Waals surface area contributed by atoms with Crippen LogP contribution >= 0.6 is 11.3 Å². The van der Waals surface area contributed by atoms with Crippen LogP contribution in [0.1, 0.15) is 10.4 Å². The van der Waals surface area contributed by atoms with Crippen molar-refractivity contribution in [2.75, 3.05) is 0 Å². The first-order valence-electron chi connectivity index (χ1n) is 6.96. The van der Waals surface area contributed by atoms with E-state index in [4.69, 9.17) is 4.74 Å². The summed E-state index contributed by atoms with van der Waals surface area (Å²) >= 11 is 1.48. The molecule has 5 nitrogen and oxygen atoms in total. The molecule has 0 N–H and O–H groups in total. The van der Waals surface area contributed by atoms with Crippen LogP contribution < -0.4 is 0 Å². The number of aliphatic imine (C=N–C) groups is 1. The van der Waals surface area contributed by atoms with Crippen LogP contribution in [0.25, 0.3) is 11.8 Å². The molecule has 1 aliphatic rings. The van der Waals surface area contributed by atoms with Gasteiger partial charge in [-0.25, -0.2) is 14.5 Å². The van der Waals surface area contributed by atoms with Crippen molar-refractivity contribution in [2.24, 2.45) is 4.99 Å². The van der Waals surface area contributed by atoms with Crippen molar-refractivity contribution in [3.05, 3.63) is 76.4 Å². The van der Waals surface area contributed by atoms with Crippen LogP contribution in [0, 0.1) is 0 Å². The summed E-state index contributed by atoms with van der Waals surface area (Å²) in [6, 6.07) is 13.5. The monoisotopic (exact) mass is 321 g/mol. The van der Waals surface area contributed by atoms with E-state index in [0.717, 1.165) is 16.1 Å². The van der Waals surface area contributed by atoms with Crippen LogP contribution in [0.5, 0.6) is 0 Å². The fourth-order valence-electron chi connectivity index (χ4n) is 2.21. The van der Waals surface area contributed by atoms with Gasteiger partial charge < -0.3 is 4.74 Å². The Balaban J connectivity index is 1.63. The highest BCUT2D eigenvalue weighted by atomic mass is 32.1. The van der Waals surface area contributed by atoms with E-state index < -0.39 is 5.97 Å². The molecule has 0 aliphatic carbocycles. The number of hydrogen-bond acceptors (Lipinski definition) is 5. The number of hydrogen-bond donors (Lipinski definition) is 0. The molecule has 3 heterocycles. The highest BCUT2D eigenvalue weighted by Crippen LogP contribution is 2.21. The van der Waals surface area contributed by atoms with E-state index in [9.17, 15) is 4.79 Å². The van der Waals surface area contributed by atoms with Gasteiger partial charge in [0.25, 0.3) is 0 Å². The predicted molar refractivity (Wildman–Crippen MR) is 88.5 cm³/mol. The topological polar surface area (TPSA) is 56.5 Å². The average Bonchev–Trinajstić information content (AvgIpc) is 3.31. The lowest BCUT2D eigenvalue weighted by Gasteiger charge is -1.98. The van der Waals surface area contributed by atoms with Gasteiger partial charge in [-0.05, 0) is 29.7 Å². The first-order chi connectivity index (χ1) is 11.3. The van der Waals surface area contributed by atoms with Crippen molar-refractivity contribution in [2.45, 2.75) is 0 Å². The van der Waals surface area contributed by atoms with Gasteiger partial charge >= 0.3 is 5.97 Å². The van der Waals surface area contributed by atoms with E-state index in [0.29, 0.717) is 5.90 Å². The molecular formula is C17H11N3O2S. The molecule has 23 heavy (non-hydrogen) atoms. The second-order valence-corrected chi connectivity index (χ2v) is 5.81. The number of ether oxygens (including phenoxy) is 1. The molecule has 0 atom stereocenters. The molecule has 0 saturated carbocycles. The minimum absolute atomic E-state index is 0.279. The van der Waals surface area contributed by atoms with E-state index in [1.165, 1.54) is 11.3 Å². The van der Waals surface area contributed by atoms with Crippen LogP contribution in [0.2, 0.25) is 0 Å². The number of esters is 1. The van der Waals surface area contributed by atoms with Crippen LogP contribution in [-0.4, -0.2) is 21.6 Å². The minimum atomic E-state index is -0.444. The highest BCUT2D eigenvalue weighted by molar-refractivity contribution is 7.12. The molecular weight excluding hydrogens is 310 g/mol. The third kappa shape index (κ3) is 2.72. The van der Waals surface area contributed by atoms with Crippen molar-refractivity contribution >= 4 is 29.3 Å². The molecule has 112 valence electrons. The third-order valence-corrected chi connectivity index (χ3v) is 4.14. The lowest BCUT2D eigenvalue weighted by molar-refractivity contribution is -0.129. The quantitative estimate of drug-likeness (QED) is 0.549. The van der Waals surface area contributed by atoms with Gasteiger partial charge in [0.05, 0.1) is 16.8 Å². The molecule has 0 unspecified atom stereocenters. The zero-order valence-corrected chi connectivity index (χ0v) is 12.7. The maximum atomic E-state index is 11.9. The molecule has 0 bridgehead atoms. The molecule has 6 heteroatoms. The second kappa shape index (κ2) is 5.66. The first kappa shape index (κ1) is 13.7. The predicted octanol–water partition coefficient (Wildman–Crippen LogP) is 3.28. The summed E-state index contributed by atoms with van der Waals surface area (Å²) in [5.41, 5.74) is 2.02. The van der Waals surface area contributed by atoms with Crippen molar-refractivity contribution in [1.82, 2.24) is 9.78 Å². The smallest absolute Gasteiger partial charge is 0.363 e. The molecule has 1 aromatic carbocycles. The number of carbonyl (C=O) groups excluding carboxylic acids is 1. The summed E-state index contributed by atoms with van der Waals surface area (Å²) in [6.07, 6.45) is 5.20. The van der Waals surface area contributed by atoms with Gasteiger partial charge in [0.15, 0.2) is 5.70 Å². The normalized spacial score (nSPS) is 15.7. The SMILES string of the molecule is O=C1OC(c2cccs2)=N/C1=C/c1cnn(-c2ccccc2)c1. The van der Waals surface area contributed by atoms with Crippen LogP contribution in [-0.2, 0) is 9.53 Å². The summed E-state index contributed by atoms with van der Waals surface area (Å²) in [5.74, 6) is -0.0902. The minimum Gasteiger partial charge on any atom is -0.401 e. The Labute approximate surface area is 136 Å². The van der Waals surface area contributed by atoms with Gasteiger partial charge in [-0.15, -0.1) is 11.3 Å². The van der Waals surface area contributed by atoms with Crippen molar-refractivity contribution in [1.29, 1.82) is 0 Å². The molecule has 1 aliphatic heterocycles. The van der Waals surface area contributed by atoms with Crippen LogP contribution in [0.3, 0.4) is 0 Å². The van der Waals surface area contributed by atoms with E-state index >= 15 is 0 Å². The largest absolute Gasteiger partial charge is 0.401 e. The number of rotatable bonds is 3. The number of thiophene rings is 1. The number of nitrogens with zero attached hydrogens (tertiary/aromatic N) is 3. The zero-order chi connectivity index (χ0) is 15.6. The Kier molecular flexibility index (Phi) is 3.36. The standard InChI is InChI=1S/C17H11N3O2S/c21-17-14(19-16(22-17)15-7-4-8-23-15)9-12-10-18-20(11-12)13-5-2-1-3-6-13/h1-11H/b14-9+. The molecule has 2 aromatic heterocycles. The number of cyclic esters (lactones) is 1. The van der Waals surface area contributed by atoms with Gasteiger partial charge in [0.2, 0.25) is 5.90 Å². The van der Waals surface area contributed by atoms with Gasteiger partial charge in [-0.2, -0.15) is 5.10 Å². The lowest BCUT2D eigenvalue weighted by Crippen LogP contribution is -2.03. The highest BCUT2D eigenvalue weighted by Gasteiger charge is 2.24. The average molecular weight is 321 g/mol. The first-order valence-corrected chi connectivity index (χ1v) is 7.84. The molecule has 0 radical (unpaired) electrons. The van der Waals surface area contributed by atoms with E-state index in [-0.39, 0.29) is 5.70 Å². The van der Waals surface area contributed by atoms with Crippen LogP contribution in [0.4, 0.5) is 0 Å². The number of carbonyl (C=O) groups is 1. The number of benzene rings is 1. The fourth-order valence-corrected chi connectivity index (χ4v) is 2.85. The maximum absolute atomic E-state index is 11.9. The van der Waals surface area contributed by atoms with Crippen molar-refractivity contribution in [3.8, 4) is 5.69 Å². The van der Waals surface area contributed by atoms with Gasteiger partial charge in [-0.3, -0.25) is 0 Å². The Morgan fingerprint density at radius 2 is 2.00 bits per heavy atom.